The second-order valence-corrected chi connectivity index (χ2v) is 6.43. The van der Waals surface area contributed by atoms with Crippen molar-refractivity contribution in [1.29, 1.82) is 0 Å². The molecular weight excluding hydrogens is 378 g/mol. The van der Waals surface area contributed by atoms with E-state index in [4.69, 9.17) is 14.9 Å². The molecule has 0 bridgehead atoms. The fourth-order valence-corrected chi connectivity index (χ4v) is 2.91. The molecule has 7 nitrogen and oxygen atoms in total. The number of aromatic nitrogens is 3. The lowest BCUT2D eigenvalue weighted by Gasteiger charge is -2.13. The van der Waals surface area contributed by atoms with Gasteiger partial charge in [-0.2, -0.15) is 4.98 Å². The van der Waals surface area contributed by atoms with Gasteiger partial charge < -0.3 is 20.2 Å². The minimum Gasteiger partial charge on any atom is -0.477 e. The Balaban J connectivity index is 1.57. The molecular formula is C23H21N5O2. The maximum Gasteiger partial charge on any atom is 0.224 e. The molecule has 0 spiro atoms. The normalized spacial score (nSPS) is 11.0. The predicted molar refractivity (Wildman–Crippen MR) is 118 cm³/mol. The van der Waals surface area contributed by atoms with Crippen molar-refractivity contribution in [1.82, 2.24) is 15.0 Å². The maximum absolute atomic E-state index is 6.32. The monoisotopic (exact) mass is 399 g/mol. The first kappa shape index (κ1) is 19.2. The molecule has 1 aromatic carbocycles. The lowest BCUT2D eigenvalue weighted by Crippen LogP contribution is -2.03. The van der Waals surface area contributed by atoms with E-state index in [1.165, 1.54) is 6.39 Å². The molecule has 0 unspecified atom stereocenters. The Bertz CT molecular complexity index is 1120. The van der Waals surface area contributed by atoms with E-state index in [0.29, 0.717) is 29.8 Å². The van der Waals surface area contributed by atoms with Gasteiger partial charge in [-0.25, -0.2) is 4.98 Å². The summed E-state index contributed by atoms with van der Waals surface area (Å²) in [4.78, 5) is 12.6. The lowest BCUT2D eigenvalue weighted by molar-refractivity contribution is 0.327. The van der Waals surface area contributed by atoms with Crippen molar-refractivity contribution >= 4 is 29.3 Å². The highest BCUT2D eigenvalue weighted by Crippen LogP contribution is 2.30. The molecule has 0 atom stereocenters. The van der Waals surface area contributed by atoms with Gasteiger partial charge in [-0.1, -0.05) is 6.08 Å². The molecule has 0 aliphatic heterocycles. The van der Waals surface area contributed by atoms with E-state index >= 15 is 0 Å². The summed E-state index contributed by atoms with van der Waals surface area (Å²) in [6.07, 6.45) is 10.4. The molecule has 0 amide bonds. The number of nitrogen functional groups attached to an aromatic ring is 1. The van der Waals surface area contributed by atoms with Gasteiger partial charge in [0.15, 0.2) is 12.2 Å². The summed E-state index contributed by atoms with van der Waals surface area (Å²) in [7, 11) is 0. The third-order valence-electron chi connectivity index (χ3n) is 4.36. The van der Waals surface area contributed by atoms with Gasteiger partial charge in [0.25, 0.3) is 0 Å². The van der Waals surface area contributed by atoms with Crippen LogP contribution in [-0.2, 0) is 0 Å². The van der Waals surface area contributed by atoms with E-state index in [1.54, 1.807) is 24.7 Å². The largest absolute Gasteiger partial charge is 0.477 e. The Labute approximate surface area is 174 Å². The van der Waals surface area contributed by atoms with Crippen LogP contribution < -0.4 is 15.8 Å². The summed E-state index contributed by atoms with van der Waals surface area (Å²) < 4.78 is 11.1. The molecule has 4 rings (SSSR count). The van der Waals surface area contributed by atoms with Gasteiger partial charge >= 0.3 is 0 Å². The first-order valence-electron chi connectivity index (χ1n) is 9.50. The van der Waals surface area contributed by atoms with Crippen molar-refractivity contribution < 1.29 is 9.15 Å². The molecule has 30 heavy (non-hydrogen) atoms. The summed E-state index contributed by atoms with van der Waals surface area (Å²) in [6, 6.07) is 13.4. The van der Waals surface area contributed by atoms with Gasteiger partial charge in [-0.3, -0.25) is 4.98 Å². The topological polar surface area (TPSA) is 99.1 Å². The van der Waals surface area contributed by atoms with Crippen LogP contribution in [0.25, 0.3) is 23.5 Å². The molecule has 0 saturated carbocycles. The summed E-state index contributed by atoms with van der Waals surface area (Å²) in [6.45, 7) is 2.40. The van der Waals surface area contributed by atoms with Crippen LogP contribution in [0.4, 0.5) is 17.2 Å². The number of nitrogens with one attached hydrogen (secondary N) is 1. The van der Waals surface area contributed by atoms with Crippen LogP contribution in [0.15, 0.2) is 71.9 Å². The number of hydrogen-bond donors (Lipinski definition) is 2. The Kier molecular flexibility index (Phi) is 5.70. The van der Waals surface area contributed by atoms with Crippen molar-refractivity contribution in [3.05, 3.63) is 78.6 Å². The van der Waals surface area contributed by atoms with Crippen molar-refractivity contribution in [2.24, 2.45) is 0 Å². The average molecular weight is 399 g/mol. The van der Waals surface area contributed by atoms with Gasteiger partial charge in [0.05, 0.1) is 18.4 Å². The van der Waals surface area contributed by atoms with E-state index in [2.05, 4.69) is 20.3 Å². The lowest BCUT2D eigenvalue weighted by atomic mass is 10.1. The molecule has 0 radical (unpaired) electrons. The second-order valence-electron chi connectivity index (χ2n) is 6.43. The van der Waals surface area contributed by atoms with Gasteiger partial charge in [-0.15, -0.1) is 0 Å². The number of nitrogens with two attached hydrogens (primary N) is 1. The summed E-state index contributed by atoms with van der Waals surface area (Å²) in [5.41, 5.74) is 10.4. The third kappa shape index (κ3) is 4.47. The highest BCUT2D eigenvalue weighted by atomic mass is 16.5. The Morgan fingerprint density at radius 2 is 1.87 bits per heavy atom. The van der Waals surface area contributed by atoms with E-state index < -0.39 is 0 Å². The van der Waals surface area contributed by atoms with Crippen LogP contribution in [0.1, 0.15) is 18.1 Å². The molecule has 0 aliphatic rings. The van der Waals surface area contributed by atoms with Crippen LogP contribution in [0, 0.1) is 0 Å². The summed E-state index contributed by atoms with van der Waals surface area (Å²) in [5.74, 6) is 1.79. The molecule has 150 valence electrons. The number of oxazole rings is 1. The molecule has 0 saturated heterocycles. The highest BCUT2D eigenvalue weighted by molar-refractivity contribution is 5.80. The number of ether oxygens (including phenoxy) is 1. The minimum atomic E-state index is 0.476. The van der Waals surface area contributed by atoms with Crippen molar-refractivity contribution in [2.45, 2.75) is 6.92 Å². The Morgan fingerprint density at radius 3 is 2.57 bits per heavy atom. The molecule has 3 heterocycles. The van der Waals surface area contributed by atoms with Gasteiger partial charge in [0.1, 0.15) is 5.82 Å². The molecule has 3 aromatic heterocycles. The predicted octanol–water partition coefficient (Wildman–Crippen LogP) is 5.03. The number of rotatable bonds is 7. The molecule has 4 aromatic rings. The van der Waals surface area contributed by atoms with Crippen molar-refractivity contribution in [3.8, 4) is 17.2 Å². The van der Waals surface area contributed by atoms with Crippen LogP contribution in [0.5, 0.6) is 5.88 Å². The van der Waals surface area contributed by atoms with E-state index in [9.17, 15) is 0 Å². The number of anilines is 3. The second kappa shape index (κ2) is 8.91. The number of benzene rings is 1. The highest BCUT2D eigenvalue weighted by Gasteiger charge is 2.11. The molecule has 7 heteroatoms. The molecule has 0 fully saturated rings. The van der Waals surface area contributed by atoms with Crippen molar-refractivity contribution in [2.75, 3.05) is 17.7 Å². The number of pyridine rings is 2. The maximum atomic E-state index is 6.32. The number of hydrogen-bond acceptors (Lipinski definition) is 7. The molecule has 3 N–H and O–H groups in total. The first-order chi connectivity index (χ1) is 14.7. The van der Waals surface area contributed by atoms with Gasteiger partial charge in [0.2, 0.25) is 5.88 Å². The molecule has 0 aliphatic carbocycles. The zero-order valence-electron chi connectivity index (χ0n) is 16.4. The van der Waals surface area contributed by atoms with Crippen LogP contribution >= 0.6 is 0 Å². The fraction of sp³-hybridized carbons (Fsp3) is 0.0870. The zero-order valence-corrected chi connectivity index (χ0v) is 16.4. The van der Waals surface area contributed by atoms with Crippen LogP contribution in [0.3, 0.4) is 0 Å². The quantitative estimate of drug-likeness (QED) is 0.450. The zero-order chi connectivity index (χ0) is 20.8. The fourth-order valence-electron chi connectivity index (χ4n) is 2.91. The smallest absolute Gasteiger partial charge is 0.224 e. The van der Waals surface area contributed by atoms with Crippen molar-refractivity contribution in [3.63, 3.8) is 0 Å². The van der Waals surface area contributed by atoms with Gasteiger partial charge in [-0.05, 0) is 55.0 Å². The van der Waals surface area contributed by atoms with Crippen LogP contribution in [-0.4, -0.2) is 21.6 Å². The summed E-state index contributed by atoms with van der Waals surface area (Å²) >= 11 is 0. The van der Waals surface area contributed by atoms with E-state index in [-0.39, 0.29) is 0 Å². The Morgan fingerprint density at radius 1 is 1.07 bits per heavy atom. The van der Waals surface area contributed by atoms with Gasteiger partial charge in [0, 0.05) is 35.4 Å². The SMILES string of the molecule is CCOc1nc(Nc2ccc(-c3cnco3)cc2)cc(N)c1/C=C/c1ccncc1. The standard InChI is InChI=1S/C23H21N5O2/c1-2-29-23-19(8-3-16-9-11-25-12-10-16)20(24)13-22(28-23)27-18-6-4-17(5-7-18)21-14-26-15-30-21/h3-15H,2H2,1H3,(H3,24,27,28)/b8-3+. The summed E-state index contributed by atoms with van der Waals surface area (Å²) in [5, 5.41) is 3.27. The minimum absolute atomic E-state index is 0.476. The van der Waals surface area contributed by atoms with E-state index in [0.717, 1.165) is 22.4 Å². The number of nitrogens with zero attached hydrogens (tertiary/aromatic N) is 3. The third-order valence-corrected chi connectivity index (χ3v) is 4.36. The first-order valence-corrected chi connectivity index (χ1v) is 9.50. The van der Waals surface area contributed by atoms with Crippen LogP contribution in [0.2, 0.25) is 0 Å². The Hall–Kier alpha value is -4.13. The average Bonchev–Trinajstić information content (AvgIpc) is 3.30. The van der Waals surface area contributed by atoms with E-state index in [1.807, 2.05) is 55.5 Å².